The third kappa shape index (κ3) is 6.66. The number of amides is 3. The van der Waals surface area contributed by atoms with Gasteiger partial charge in [0.25, 0.3) is 0 Å². The van der Waals surface area contributed by atoms with Crippen LogP contribution >= 0.6 is 0 Å². The van der Waals surface area contributed by atoms with E-state index in [1.165, 1.54) is 0 Å². The Morgan fingerprint density at radius 1 is 1.22 bits per heavy atom. The predicted molar refractivity (Wildman–Crippen MR) is 140 cm³/mol. The molecule has 0 bridgehead atoms. The fraction of sp³-hybridized carbons (Fsp3) is 0.429. The van der Waals surface area contributed by atoms with Crippen molar-refractivity contribution in [3.63, 3.8) is 0 Å². The molecule has 194 valence electrons. The first kappa shape index (κ1) is 26.2. The number of nitrogens with zero attached hydrogens (tertiary/aromatic N) is 2. The number of pyridine rings is 1. The van der Waals surface area contributed by atoms with E-state index in [4.69, 9.17) is 9.47 Å². The molecule has 1 saturated heterocycles. The van der Waals surface area contributed by atoms with Crippen molar-refractivity contribution in [1.82, 2.24) is 20.2 Å². The SMILES string of the molecule is CC(C)(C)OC(=O)NCCCCOCC#Cc1ccc2c(c1)c1cccnc1n2C1CCC(=O)NC1=O. The van der Waals surface area contributed by atoms with Gasteiger partial charge in [-0.05, 0) is 70.4 Å². The molecule has 0 spiro atoms. The number of nitrogens with one attached hydrogen (secondary N) is 2. The maximum Gasteiger partial charge on any atom is 0.407 e. The van der Waals surface area contributed by atoms with Crippen molar-refractivity contribution in [3.05, 3.63) is 42.1 Å². The van der Waals surface area contributed by atoms with Gasteiger partial charge in [0.2, 0.25) is 11.8 Å². The molecule has 3 heterocycles. The highest BCUT2D eigenvalue weighted by molar-refractivity contribution is 6.09. The molecule has 1 atom stereocenters. The van der Waals surface area contributed by atoms with Gasteiger partial charge in [0, 0.05) is 42.1 Å². The number of alkyl carbamates (subject to hydrolysis) is 1. The molecule has 2 N–H and O–H groups in total. The first-order chi connectivity index (χ1) is 17.7. The number of hydrogen-bond donors (Lipinski definition) is 2. The molecule has 37 heavy (non-hydrogen) atoms. The number of benzene rings is 1. The van der Waals surface area contributed by atoms with Gasteiger partial charge in [0.1, 0.15) is 23.9 Å². The van der Waals surface area contributed by atoms with Gasteiger partial charge >= 0.3 is 6.09 Å². The Balaban J connectivity index is 1.34. The molecule has 0 saturated carbocycles. The second-order valence-electron chi connectivity index (χ2n) is 9.93. The first-order valence-electron chi connectivity index (χ1n) is 12.5. The molecule has 1 unspecified atom stereocenters. The lowest BCUT2D eigenvalue weighted by Crippen LogP contribution is -2.41. The van der Waals surface area contributed by atoms with Gasteiger partial charge in [-0.2, -0.15) is 0 Å². The standard InChI is InChI=1S/C28H32N4O5/c1-28(2,3)37-27(35)30-14-4-5-16-36-17-7-8-19-10-11-22-21(18-19)20-9-6-15-29-25(20)32(22)23-12-13-24(33)31-26(23)34/h6,9-11,15,18,23H,4-5,12-14,16-17H2,1-3H3,(H,30,35)(H,31,33,34). The zero-order valence-corrected chi connectivity index (χ0v) is 21.4. The summed E-state index contributed by atoms with van der Waals surface area (Å²) < 4.78 is 12.7. The molecular formula is C28H32N4O5. The molecule has 1 fully saturated rings. The van der Waals surface area contributed by atoms with Gasteiger partial charge in [-0.3, -0.25) is 14.9 Å². The van der Waals surface area contributed by atoms with Gasteiger partial charge in [-0.1, -0.05) is 11.8 Å². The average molecular weight is 505 g/mol. The van der Waals surface area contributed by atoms with E-state index in [1.54, 1.807) is 6.20 Å². The number of ether oxygens (including phenoxy) is 2. The first-order valence-corrected chi connectivity index (χ1v) is 12.5. The van der Waals surface area contributed by atoms with Crippen molar-refractivity contribution >= 4 is 39.8 Å². The summed E-state index contributed by atoms with van der Waals surface area (Å²) in [6.07, 6.45) is 3.62. The Morgan fingerprint density at radius 3 is 2.84 bits per heavy atom. The average Bonchev–Trinajstić information content (AvgIpc) is 3.16. The Kier molecular flexibility index (Phi) is 8.09. The van der Waals surface area contributed by atoms with E-state index in [0.29, 0.717) is 38.2 Å². The summed E-state index contributed by atoms with van der Waals surface area (Å²) >= 11 is 0. The van der Waals surface area contributed by atoms with Crippen molar-refractivity contribution in [2.24, 2.45) is 0 Å². The summed E-state index contributed by atoms with van der Waals surface area (Å²) in [5, 5.41) is 7.06. The van der Waals surface area contributed by atoms with E-state index >= 15 is 0 Å². The fourth-order valence-electron chi connectivity index (χ4n) is 4.29. The second-order valence-corrected chi connectivity index (χ2v) is 9.93. The summed E-state index contributed by atoms with van der Waals surface area (Å²) in [4.78, 5) is 40.4. The lowest BCUT2D eigenvalue weighted by Gasteiger charge is -2.23. The van der Waals surface area contributed by atoms with Crippen LogP contribution in [0.3, 0.4) is 0 Å². The third-order valence-corrected chi connectivity index (χ3v) is 5.87. The predicted octanol–water partition coefficient (Wildman–Crippen LogP) is 3.84. The van der Waals surface area contributed by atoms with Gasteiger partial charge < -0.3 is 19.4 Å². The van der Waals surface area contributed by atoms with Crippen LogP contribution in [-0.4, -0.2) is 52.8 Å². The molecule has 9 nitrogen and oxygen atoms in total. The normalized spacial score (nSPS) is 15.8. The van der Waals surface area contributed by atoms with Crippen LogP contribution in [0.5, 0.6) is 0 Å². The highest BCUT2D eigenvalue weighted by atomic mass is 16.6. The molecule has 3 aromatic rings. The van der Waals surface area contributed by atoms with E-state index in [1.807, 2.05) is 55.7 Å². The number of rotatable bonds is 7. The van der Waals surface area contributed by atoms with Gasteiger partial charge in [0.05, 0.1) is 5.52 Å². The van der Waals surface area contributed by atoms with Crippen LogP contribution in [0.2, 0.25) is 0 Å². The summed E-state index contributed by atoms with van der Waals surface area (Å²) in [6, 6.07) is 9.22. The third-order valence-electron chi connectivity index (χ3n) is 5.87. The smallest absolute Gasteiger partial charge is 0.407 e. The summed E-state index contributed by atoms with van der Waals surface area (Å²) in [5.74, 6) is 5.64. The van der Waals surface area contributed by atoms with Gasteiger partial charge in [-0.15, -0.1) is 0 Å². The molecule has 1 aliphatic heterocycles. The van der Waals surface area contributed by atoms with Crippen molar-refractivity contribution in [1.29, 1.82) is 0 Å². The highest BCUT2D eigenvalue weighted by Crippen LogP contribution is 2.33. The molecule has 1 aromatic carbocycles. The lowest BCUT2D eigenvalue weighted by atomic mass is 10.1. The Bertz CT molecular complexity index is 1380. The van der Waals surface area contributed by atoms with Crippen LogP contribution in [0.4, 0.5) is 4.79 Å². The van der Waals surface area contributed by atoms with Crippen LogP contribution in [0.15, 0.2) is 36.5 Å². The maximum atomic E-state index is 12.6. The minimum atomic E-state index is -0.502. The van der Waals surface area contributed by atoms with E-state index < -0.39 is 17.7 Å². The monoisotopic (exact) mass is 504 g/mol. The number of carbonyl (C=O) groups excluding carboxylic acids is 3. The largest absolute Gasteiger partial charge is 0.444 e. The maximum absolute atomic E-state index is 12.6. The van der Waals surface area contributed by atoms with Crippen LogP contribution in [0.1, 0.15) is 58.1 Å². The number of fused-ring (bicyclic) bond motifs is 3. The topological polar surface area (TPSA) is 112 Å². The van der Waals surface area contributed by atoms with E-state index in [0.717, 1.165) is 34.7 Å². The molecule has 3 amide bonds. The molecule has 0 aliphatic carbocycles. The summed E-state index contributed by atoms with van der Waals surface area (Å²) in [7, 11) is 0. The van der Waals surface area contributed by atoms with Crippen LogP contribution in [0.25, 0.3) is 21.9 Å². The quantitative estimate of drug-likeness (QED) is 0.287. The minimum Gasteiger partial charge on any atom is -0.444 e. The van der Waals surface area contributed by atoms with Crippen LogP contribution in [-0.2, 0) is 19.1 Å². The molecule has 4 rings (SSSR count). The molecule has 0 radical (unpaired) electrons. The van der Waals surface area contributed by atoms with Crippen molar-refractivity contribution in [2.45, 2.75) is 58.1 Å². The number of carbonyl (C=O) groups is 3. The molecule has 9 heteroatoms. The van der Waals surface area contributed by atoms with Crippen molar-refractivity contribution in [3.8, 4) is 11.8 Å². The highest BCUT2D eigenvalue weighted by Gasteiger charge is 2.30. The molecule has 2 aromatic heterocycles. The number of aromatic nitrogens is 2. The zero-order valence-electron chi connectivity index (χ0n) is 21.4. The van der Waals surface area contributed by atoms with Gasteiger partial charge in [0.15, 0.2) is 0 Å². The summed E-state index contributed by atoms with van der Waals surface area (Å²) in [6.45, 7) is 6.88. The van der Waals surface area contributed by atoms with E-state index in [2.05, 4.69) is 27.5 Å². The molecule has 1 aliphatic rings. The van der Waals surface area contributed by atoms with E-state index in [9.17, 15) is 14.4 Å². The lowest BCUT2D eigenvalue weighted by molar-refractivity contribution is -0.135. The van der Waals surface area contributed by atoms with Crippen LogP contribution < -0.4 is 10.6 Å². The van der Waals surface area contributed by atoms with Crippen LogP contribution in [0, 0.1) is 11.8 Å². The number of hydrogen-bond acceptors (Lipinski definition) is 6. The number of piperidine rings is 1. The Labute approximate surface area is 215 Å². The second kappa shape index (κ2) is 11.4. The molecular weight excluding hydrogens is 472 g/mol. The number of imide groups is 1. The fourth-order valence-corrected chi connectivity index (χ4v) is 4.29. The van der Waals surface area contributed by atoms with Crippen molar-refractivity contribution in [2.75, 3.05) is 19.8 Å². The van der Waals surface area contributed by atoms with Crippen molar-refractivity contribution < 1.29 is 23.9 Å². The van der Waals surface area contributed by atoms with Gasteiger partial charge in [-0.25, -0.2) is 9.78 Å². The zero-order chi connectivity index (χ0) is 26.4. The minimum absolute atomic E-state index is 0.243. The van der Waals surface area contributed by atoms with E-state index in [-0.39, 0.29) is 11.8 Å². The number of unbranched alkanes of at least 4 members (excludes halogenated alkanes) is 1. The Hall–Kier alpha value is -3.90. The summed E-state index contributed by atoms with van der Waals surface area (Å²) in [5.41, 5.74) is 1.92. The Morgan fingerprint density at radius 2 is 2.05 bits per heavy atom.